The van der Waals surface area contributed by atoms with Gasteiger partial charge in [-0.2, -0.15) is 0 Å². The maximum Gasteiger partial charge on any atom is 0.244 e. The summed E-state index contributed by atoms with van der Waals surface area (Å²) in [7, 11) is 4.71. The largest absolute Gasteiger partial charge is 0.497 e. The molecule has 4 rings (SSSR count). The van der Waals surface area contributed by atoms with Crippen molar-refractivity contribution in [3.8, 4) is 17.2 Å². The molecule has 2 amide bonds. The van der Waals surface area contributed by atoms with Gasteiger partial charge in [0.05, 0.1) is 32.7 Å². The highest BCUT2D eigenvalue weighted by Gasteiger charge is 2.30. The number of ether oxygens (including phenoxy) is 3. The number of nitrogens with zero attached hydrogens (tertiary/aromatic N) is 1. The fourth-order valence-corrected chi connectivity index (χ4v) is 5.08. The Balaban J connectivity index is 1.57. The minimum Gasteiger partial charge on any atom is -0.497 e. The molecule has 1 heterocycles. The molecule has 7 nitrogen and oxygen atoms in total. The monoisotopic (exact) mass is 478 g/mol. The first kappa shape index (κ1) is 23.5. The molecule has 176 valence electrons. The van der Waals surface area contributed by atoms with E-state index in [0.29, 0.717) is 17.2 Å². The molecule has 34 heavy (non-hydrogen) atoms. The first-order valence-corrected chi connectivity index (χ1v) is 11.6. The number of nitrogens with one attached hydrogen (secondary N) is 1. The summed E-state index contributed by atoms with van der Waals surface area (Å²) in [5, 5.41) is 2.77. The van der Waals surface area contributed by atoms with Gasteiger partial charge in [-0.3, -0.25) is 9.59 Å². The highest BCUT2D eigenvalue weighted by molar-refractivity contribution is 7.99. The Morgan fingerprint density at radius 3 is 2.38 bits per heavy atom. The standard InChI is InChI=1S/C26H26N2O5S/c1-31-18-10-8-17(9-11-18)24-15-26(30)28(21-6-4-5-7-23(21)34-24)16-25(29)27-20-14-19(32-2)12-13-22(20)33-3/h4-14,24H,15-16H2,1-3H3,(H,27,29)/t24-/m0/s1. The van der Waals surface area contributed by atoms with Gasteiger partial charge in [0, 0.05) is 22.6 Å². The van der Waals surface area contributed by atoms with Crippen molar-refractivity contribution in [3.05, 3.63) is 72.3 Å². The number of hydrogen-bond acceptors (Lipinski definition) is 6. The number of hydrogen-bond donors (Lipinski definition) is 1. The third-order valence-corrected chi connectivity index (χ3v) is 6.88. The van der Waals surface area contributed by atoms with Crippen LogP contribution in [-0.4, -0.2) is 39.7 Å². The number of rotatable bonds is 7. The first-order valence-electron chi connectivity index (χ1n) is 10.7. The van der Waals surface area contributed by atoms with E-state index in [1.165, 1.54) is 7.11 Å². The van der Waals surface area contributed by atoms with Crippen molar-refractivity contribution < 1.29 is 23.8 Å². The average Bonchev–Trinajstić information content (AvgIpc) is 3.00. The SMILES string of the molecule is COc1ccc([C@@H]2CC(=O)N(CC(=O)Nc3cc(OC)ccc3OC)c3ccccc3S2)cc1. The zero-order valence-electron chi connectivity index (χ0n) is 19.2. The summed E-state index contributed by atoms with van der Waals surface area (Å²) in [5.41, 5.74) is 2.23. The highest BCUT2D eigenvalue weighted by atomic mass is 32.2. The van der Waals surface area contributed by atoms with Gasteiger partial charge in [0.25, 0.3) is 0 Å². The molecule has 0 fully saturated rings. The Morgan fingerprint density at radius 2 is 1.68 bits per heavy atom. The summed E-state index contributed by atoms with van der Waals surface area (Å²) in [6.07, 6.45) is 0.265. The number of benzene rings is 3. The van der Waals surface area contributed by atoms with E-state index < -0.39 is 0 Å². The van der Waals surface area contributed by atoms with Crippen molar-refractivity contribution in [3.63, 3.8) is 0 Å². The molecule has 0 saturated heterocycles. The van der Waals surface area contributed by atoms with Crippen LogP contribution in [0.25, 0.3) is 0 Å². The summed E-state index contributed by atoms with van der Waals surface area (Å²) >= 11 is 1.62. The molecule has 1 aliphatic heterocycles. The summed E-state index contributed by atoms with van der Waals surface area (Å²) in [5.74, 6) is 1.41. The number of para-hydroxylation sites is 1. The van der Waals surface area contributed by atoms with Crippen LogP contribution in [-0.2, 0) is 9.59 Å². The smallest absolute Gasteiger partial charge is 0.244 e. The van der Waals surface area contributed by atoms with Crippen LogP contribution < -0.4 is 24.4 Å². The predicted molar refractivity (Wildman–Crippen MR) is 133 cm³/mol. The van der Waals surface area contributed by atoms with Gasteiger partial charge in [0.1, 0.15) is 23.8 Å². The highest BCUT2D eigenvalue weighted by Crippen LogP contribution is 2.45. The number of amides is 2. The van der Waals surface area contributed by atoms with Gasteiger partial charge in [0.15, 0.2) is 0 Å². The second-order valence-electron chi connectivity index (χ2n) is 7.65. The second-order valence-corrected chi connectivity index (χ2v) is 8.89. The van der Waals surface area contributed by atoms with E-state index in [2.05, 4.69) is 5.32 Å². The molecule has 1 N–H and O–H groups in total. The molecule has 3 aromatic rings. The lowest BCUT2D eigenvalue weighted by Gasteiger charge is -2.22. The Bertz CT molecular complexity index is 1180. The van der Waals surface area contributed by atoms with Crippen LogP contribution in [0.3, 0.4) is 0 Å². The van der Waals surface area contributed by atoms with E-state index in [0.717, 1.165) is 21.9 Å². The molecule has 0 unspecified atom stereocenters. The van der Waals surface area contributed by atoms with Crippen LogP contribution >= 0.6 is 11.8 Å². The van der Waals surface area contributed by atoms with Crippen molar-refractivity contribution in [1.29, 1.82) is 0 Å². The van der Waals surface area contributed by atoms with Gasteiger partial charge in [-0.05, 0) is 42.0 Å². The number of fused-ring (bicyclic) bond motifs is 1. The Labute approximate surface area is 203 Å². The van der Waals surface area contributed by atoms with Gasteiger partial charge in [-0.25, -0.2) is 0 Å². The molecule has 0 spiro atoms. The van der Waals surface area contributed by atoms with Crippen LogP contribution in [0.5, 0.6) is 17.2 Å². The van der Waals surface area contributed by atoms with Crippen molar-refractivity contribution in [2.24, 2.45) is 0 Å². The predicted octanol–water partition coefficient (Wildman–Crippen LogP) is 4.92. The van der Waals surface area contributed by atoms with Crippen LogP contribution in [0.4, 0.5) is 11.4 Å². The molecular weight excluding hydrogens is 452 g/mol. The molecule has 3 aromatic carbocycles. The zero-order valence-corrected chi connectivity index (χ0v) is 20.1. The van der Waals surface area contributed by atoms with E-state index in [1.807, 2.05) is 48.5 Å². The molecule has 0 saturated carbocycles. The quantitative estimate of drug-likeness (QED) is 0.519. The van der Waals surface area contributed by atoms with Crippen molar-refractivity contribution >= 4 is 35.0 Å². The Kier molecular flexibility index (Phi) is 7.27. The Hall–Kier alpha value is -3.65. The van der Waals surface area contributed by atoms with Crippen LogP contribution in [0.15, 0.2) is 71.6 Å². The lowest BCUT2D eigenvalue weighted by Crippen LogP contribution is -2.38. The maximum absolute atomic E-state index is 13.4. The first-order chi connectivity index (χ1) is 16.5. The topological polar surface area (TPSA) is 77.1 Å². The van der Waals surface area contributed by atoms with E-state index >= 15 is 0 Å². The summed E-state index contributed by atoms with van der Waals surface area (Å²) < 4.78 is 15.9. The van der Waals surface area contributed by atoms with Gasteiger partial charge < -0.3 is 24.4 Å². The van der Waals surface area contributed by atoms with Gasteiger partial charge in [-0.1, -0.05) is 24.3 Å². The molecule has 0 radical (unpaired) electrons. The van der Waals surface area contributed by atoms with Gasteiger partial charge in [-0.15, -0.1) is 11.8 Å². The van der Waals surface area contributed by atoms with Crippen LogP contribution in [0, 0.1) is 0 Å². The number of thioether (sulfide) groups is 1. The molecular formula is C26H26N2O5S. The average molecular weight is 479 g/mol. The minimum absolute atomic E-state index is 0.0777. The molecule has 1 aliphatic rings. The maximum atomic E-state index is 13.4. The van der Waals surface area contributed by atoms with Crippen LogP contribution in [0.1, 0.15) is 17.2 Å². The number of carbonyl (C=O) groups excluding carboxylic acids is 2. The Morgan fingerprint density at radius 1 is 0.971 bits per heavy atom. The van der Waals surface area contributed by atoms with E-state index in [9.17, 15) is 9.59 Å². The zero-order chi connectivity index (χ0) is 24.1. The molecule has 0 bridgehead atoms. The van der Waals surface area contributed by atoms with Gasteiger partial charge >= 0.3 is 0 Å². The van der Waals surface area contributed by atoms with Crippen molar-refractivity contribution in [1.82, 2.24) is 0 Å². The van der Waals surface area contributed by atoms with Crippen molar-refractivity contribution in [2.75, 3.05) is 38.1 Å². The molecule has 0 aromatic heterocycles. The summed E-state index contributed by atoms with van der Waals surface area (Å²) in [4.78, 5) is 28.9. The minimum atomic E-state index is -0.331. The fourth-order valence-electron chi connectivity index (χ4n) is 3.80. The third kappa shape index (κ3) is 5.12. The number of carbonyl (C=O) groups is 2. The second kappa shape index (κ2) is 10.5. The molecule has 8 heteroatoms. The van der Waals surface area contributed by atoms with E-state index in [1.54, 1.807) is 49.1 Å². The molecule has 1 atom stereocenters. The summed E-state index contributed by atoms with van der Waals surface area (Å²) in [6.45, 7) is -0.119. The number of methoxy groups -OCH3 is 3. The van der Waals surface area contributed by atoms with Gasteiger partial charge in [0.2, 0.25) is 11.8 Å². The lowest BCUT2D eigenvalue weighted by atomic mass is 10.1. The summed E-state index contributed by atoms with van der Waals surface area (Å²) in [6, 6.07) is 20.5. The van der Waals surface area contributed by atoms with Crippen LogP contribution in [0.2, 0.25) is 0 Å². The normalized spacial score (nSPS) is 15.2. The van der Waals surface area contributed by atoms with Crippen molar-refractivity contribution in [2.45, 2.75) is 16.6 Å². The van der Waals surface area contributed by atoms with E-state index in [4.69, 9.17) is 14.2 Å². The number of anilines is 2. The van der Waals surface area contributed by atoms with E-state index in [-0.39, 0.29) is 30.0 Å². The lowest BCUT2D eigenvalue weighted by molar-refractivity contribution is -0.121. The third-order valence-electron chi connectivity index (χ3n) is 5.56. The molecule has 0 aliphatic carbocycles. The fraction of sp³-hybridized carbons (Fsp3) is 0.231.